The van der Waals surface area contributed by atoms with Crippen LogP contribution in [0.2, 0.25) is 0 Å². The first-order chi connectivity index (χ1) is 8.42. The lowest BCUT2D eigenvalue weighted by molar-refractivity contribution is 0.232. The van der Waals surface area contributed by atoms with Crippen LogP contribution in [0, 0.1) is 0 Å². The predicted octanol–water partition coefficient (Wildman–Crippen LogP) is 3.10. The van der Waals surface area contributed by atoms with Gasteiger partial charge in [-0.05, 0) is 39.0 Å². The highest BCUT2D eigenvalue weighted by atomic mass is 79.9. The Hall–Kier alpha value is -0.580. The Balaban J connectivity index is 2.70. The SMILES string of the molecule is CC(C)(C)NCc1cc(Br)ccc1OCCCO. The minimum Gasteiger partial charge on any atom is -0.493 e. The molecule has 0 radical (unpaired) electrons. The molecule has 0 bridgehead atoms. The highest BCUT2D eigenvalue weighted by molar-refractivity contribution is 9.10. The van der Waals surface area contributed by atoms with E-state index in [0.29, 0.717) is 13.0 Å². The Kier molecular flexibility index (Phi) is 6.12. The van der Waals surface area contributed by atoms with Crippen LogP contribution in [0.3, 0.4) is 0 Å². The molecule has 0 spiro atoms. The number of benzene rings is 1. The number of halogens is 1. The van der Waals surface area contributed by atoms with E-state index in [1.165, 1.54) is 0 Å². The summed E-state index contributed by atoms with van der Waals surface area (Å²) in [4.78, 5) is 0. The highest BCUT2D eigenvalue weighted by Gasteiger charge is 2.11. The van der Waals surface area contributed by atoms with E-state index in [1.54, 1.807) is 0 Å². The largest absolute Gasteiger partial charge is 0.493 e. The Labute approximate surface area is 118 Å². The van der Waals surface area contributed by atoms with E-state index in [4.69, 9.17) is 9.84 Å². The van der Waals surface area contributed by atoms with Gasteiger partial charge in [0.1, 0.15) is 5.75 Å². The maximum absolute atomic E-state index is 8.77. The fourth-order valence-corrected chi connectivity index (χ4v) is 1.84. The monoisotopic (exact) mass is 315 g/mol. The Morgan fingerprint density at radius 2 is 2.06 bits per heavy atom. The molecule has 2 N–H and O–H groups in total. The van der Waals surface area contributed by atoms with Crippen LogP contribution in [0.1, 0.15) is 32.8 Å². The van der Waals surface area contributed by atoms with Crippen molar-refractivity contribution in [2.45, 2.75) is 39.3 Å². The fourth-order valence-electron chi connectivity index (χ4n) is 1.43. The maximum atomic E-state index is 8.77. The van der Waals surface area contributed by atoms with Crippen molar-refractivity contribution in [3.05, 3.63) is 28.2 Å². The van der Waals surface area contributed by atoms with Crippen LogP contribution in [0.15, 0.2) is 22.7 Å². The van der Waals surface area contributed by atoms with Crippen LogP contribution >= 0.6 is 15.9 Å². The molecule has 18 heavy (non-hydrogen) atoms. The second-order valence-corrected chi connectivity index (χ2v) is 6.20. The van der Waals surface area contributed by atoms with Gasteiger partial charge in [0.15, 0.2) is 0 Å². The molecule has 0 aliphatic heterocycles. The molecule has 4 heteroatoms. The first kappa shape index (κ1) is 15.5. The molecule has 3 nitrogen and oxygen atoms in total. The van der Waals surface area contributed by atoms with Gasteiger partial charge in [-0.2, -0.15) is 0 Å². The molecular weight excluding hydrogens is 294 g/mol. The molecule has 0 atom stereocenters. The van der Waals surface area contributed by atoms with Crippen molar-refractivity contribution in [3.8, 4) is 5.75 Å². The lowest BCUT2D eigenvalue weighted by atomic mass is 10.1. The van der Waals surface area contributed by atoms with Crippen molar-refractivity contribution in [1.29, 1.82) is 0 Å². The third-order valence-corrected chi connectivity index (χ3v) is 2.88. The van der Waals surface area contributed by atoms with E-state index in [0.717, 1.165) is 22.3 Å². The van der Waals surface area contributed by atoms with Gasteiger partial charge in [0.05, 0.1) is 6.61 Å². The summed E-state index contributed by atoms with van der Waals surface area (Å²) in [6, 6.07) is 5.99. The van der Waals surface area contributed by atoms with E-state index in [-0.39, 0.29) is 12.1 Å². The smallest absolute Gasteiger partial charge is 0.123 e. The molecule has 0 amide bonds. The van der Waals surface area contributed by atoms with Gasteiger partial charge in [-0.25, -0.2) is 0 Å². The zero-order valence-electron chi connectivity index (χ0n) is 11.3. The van der Waals surface area contributed by atoms with Crippen LogP contribution < -0.4 is 10.1 Å². The summed E-state index contributed by atoms with van der Waals surface area (Å²) in [7, 11) is 0. The zero-order valence-corrected chi connectivity index (χ0v) is 12.9. The molecule has 0 aliphatic rings. The van der Waals surface area contributed by atoms with Gasteiger partial charge in [-0.1, -0.05) is 15.9 Å². The lowest BCUT2D eigenvalue weighted by Crippen LogP contribution is -2.35. The van der Waals surface area contributed by atoms with Crippen LogP contribution in [-0.2, 0) is 6.54 Å². The molecule has 102 valence electrons. The van der Waals surface area contributed by atoms with Crippen molar-refractivity contribution in [3.63, 3.8) is 0 Å². The third-order valence-electron chi connectivity index (χ3n) is 2.39. The molecule has 0 aromatic heterocycles. The van der Waals surface area contributed by atoms with Crippen LogP contribution in [0.4, 0.5) is 0 Å². The molecule has 0 fully saturated rings. The zero-order chi connectivity index (χ0) is 13.6. The number of hydrogen-bond donors (Lipinski definition) is 2. The number of rotatable bonds is 6. The number of aliphatic hydroxyl groups excluding tert-OH is 1. The van der Waals surface area contributed by atoms with Gasteiger partial charge in [0.2, 0.25) is 0 Å². The van der Waals surface area contributed by atoms with Gasteiger partial charge in [0.25, 0.3) is 0 Å². The molecule has 0 unspecified atom stereocenters. The van der Waals surface area contributed by atoms with E-state index in [1.807, 2.05) is 12.1 Å². The molecule has 0 aliphatic carbocycles. The molecule has 0 saturated carbocycles. The van der Waals surface area contributed by atoms with Gasteiger partial charge in [0, 0.05) is 35.1 Å². The summed E-state index contributed by atoms with van der Waals surface area (Å²) in [5.41, 5.74) is 1.20. The van der Waals surface area contributed by atoms with Crippen molar-refractivity contribution < 1.29 is 9.84 Å². The highest BCUT2D eigenvalue weighted by Crippen LogP contribution is 2.24. The number of aliphatic hydroxyl groups is 1. The van der Waals surface area contributed by atoms with E-state index >= 15 is 0 Å². The van der Waals surface area contributed by atoms with Gasteiger partial charge in [-0.3, -0.25) is 0 Å². The van der Waals surface area contributed by atoms with Crippen molar-refractivity contribution in [1.82, 2.24) is 5.32 Å². The summed E-state index contributed by atoms with van der Waals surface area (Å²) in [6.45, 7) is 7.87. The summed E-state index contributed by atoms with van der Waals surface area (Å²) >= 11 is 3.48. The average molecular weight is 316 g/mol. The molecule has 1 aromatic carbocycles. The number of hydrogen-bond acceptors (Lipinski definition) is 3. The van der Waals surface area contributed by atoms with Crippen molar-refractivity contribution in [2.24, 2.45) is 0 Å². The number of ether oxygens (including phenoxy) is 1. The third kappa shape index (κ3) is 5.85. The minimum absolute atomic E-state index is 0.0741. The minimum atomic E-state index is 0.0741. The predicted molar refractivity (Wildman–Crippen MR) is 77.9 cm³/mol. The van der Waals surface area contributed by atoms with Gasteiger partial charge in [-0.15, -0.1) is 0 Å². The fraction of sp³-hybridized carbons (Fsp3) is 0.571. The maximum Gasteiger partial charge on any atom is 0.123 e. The number of nitrogens with one attached hydrogen (secondary N) is 1. The summed E-state index contributed by atoms with van der Waals surface area (Å²) in [5, 5.41) is 12.2. The molecule has 0 heterocycles. The van der Waals surface area contributed by atoms with E-state index in [2.05, 4.69) is 48.1 Å². The van der Waals surface area contributed by atoms with Crippen LogP contribution in [0.5, 0.6) is 5.75 Å². The summed E-state index contributed by atoms with van der Waals surface area (Å²) in [6.07, 6.45) is 0.655. The quantitative estimate of drug-likeness (QED) is 0.793. The van der Waals surface area contributed by atoms with Crippen LogP contribution in [0.25, 0.3) is 0 Å². The van der Waals surface area contributed by atoms with Crippen LogP contribution in [-0.4, -0.2) is 23.9 Å². The Morgan fingerprint density at radius 3 is 2.67 bits per heavy atom. The lowest BCUT2D eigenvalue weighted by Gasteiger charge is -2.21. The normalized spacial score (nSPS) is 11.6. The first-order valence-electron chi connectivity index (χ1n) is 6.19. The molecule has 1 aromatic rings. The molecular formula is C14H22BrNO2. The van der Waals surface area contributed by atoms with E-state index in [9.17, 15) is 0 Å². The molecule has 0 saturated heterocycles. The topological polar surface area (TPSA) is 41.5 Å². The molecule has 1 rings (SSSR count). The van der Waals surface area contributed by atoms with E-state index < -0.39 is 0 Å². The van der Waals surface area contributed by atoms with Gasteiger partial charge < -0.3 is 15.2 Å². The van der Waals surface area contributed by atoms with Crippen molar-refractivity contribution in [2.75, 3.05) is 13.2 Å². The average Bonchev–Trinajstić information content (AvgIpc) is 2.28. The first-order valence-corrected chi connectivity index (χ1v) is 6.99. The standard InChI is InChI=1S/C14H22BrNO2/c1-14(2,3)16-10-11-9-12(15)5-6-13(11)18-8-4-7-17/h5-6,9,16-17H,4,7-8,10H2,1-3H3. The summed E-state index contributed by atoms with van der Waals surface area (Å²) in [5.74, 6) is 0.878. The van der Waals surface area contributed by atoms with Gasteiger partial charge >= 0.3 is 0 Å². The van der Waals surface area contributed by atoms with Crippen molar-refractivity contribution >= 4 is 15.9 Å². The Bertz CT molecular complexity index is 375. The Morgan fingerprint density at radius 1 is 1.33 bits per heavy atom. The second kappa shape index (κ2) is 7.12. The second-order valence-electron chi connectivity index (χ2n) is 5.28. The summed E-state index contributed by atoms with van der Waals surface area (Å²) < 4.78 is 6.72.